The van der Waals surface area contributed by atoms with Crippen LogP contribution in [0.3, 0.4) is 0 Å². The molecule has 1 aromatic rings. The van der Waals surface area contributed by atoms with Crippen LogP contribution in [0.4, 0.5) is 0 Å². The molecule has 3 heteroatoms. The Bertz CT molecular complexity index is 502. The first-order valence-corrected chi connectivity index (χ1v) is 10.3. The van der Waals surface area contributed by atoms with Crippen molar-refractivity contribution in [1.82, 2.24) is 0 Å². The number of phenolic OH excluding ortho intramolecular Hbond substituents is 1. The van der Waals surface area contributed by atoms with E-state index in [1.165, 1.54) is 0 Å². The Kier molecular flexibility index (Phi) is 5.91. The molecule has 1 aromatic carbocycles. The van der Waals surface area contributed by atoms with E-state index >= 15 is 0 Å². The summed E-state index contributed by atoms with van der Waals surface area (Å²) in [5, 5.41) is 9.94. The zero-order chi connectivity index (χ0) is 15.5. The second-order valence-electron chi connectivity index (χ2n) is 6.31. The summed E-state index contributed by atoms with van der Waals surface area (Å²) in [6.45, 7) is 13.8. The first kappa shape index (κ1) is 17.3. The van der Waals surface area contributed by atoms with Gasteiger partial charge in [0, 0.05) is 4.47 Å². The first-order valence-electron chi connectivity index (χ1n) is 7.23. The van der Waals surface area contributed by atoms with Crippen molar-refractivity contribution >= 4 is 24.0 Å². The van der Waals surface area contributed by atoms with E-state index in [4.69, 9.17) is 0 Å². The van der Waals surface area contributed by atoms with Gasteiger partial charge in [0.1, 0.15) is 13.8 Å². The second-order valence-corrected chi connectivity index (χ2v) is 12.8. The maximum Gasteiger partial charge on any atom is 0.146 e. The van der Waals surface area contributed by atoms with Crippen LogP contribution in [0, 0.1) is 11.5 Å². The normalized spacial score (nSPS) is 11.9. The van der Waals surface area contributed by atoms with Crippen molar-refractivity contribution in [3.8, 4) is 17.2 Å². The van der Waals surface area contributed by atoms with Crippen molar-refractivity contribution in [2.45, 2.75) is 58.2 Å². The molecule has 0 unspecified atom stereocenters. The van der Waals surface area contributed by atoms with Crippen LogP contribution in [0.25, 0.3) is 0 Å². The lowest BCUT2D eigenvalue weighted by Gasteiger charge is -2.38. The van der Waals surface area contributed by atoms with Crippen molar-refractivity contribution in [2.75, 3.05) is 0 Å². The zero-order valence-electron chi connectivity index (χ0n) is 13.3. The summed E-state index contributed by atoms with van der Waals surface area (Å²) in [5.41, 5.74) is 6.15. The Morgan fingerprint density at radius 2 is 1.50 bits per heavy atom. The van der Waals surface area contributed by atoms with Crippen LogP contribution in [0.5, 0.6) is 5.75 Å². The Morgan fingerprint density at radius 1 is 1.00 bits per heavy atom. The fourth-order valence-electron chi connectivity index (χ4n) is 3.22. The summed E-state index contributed by atoms with van der Waals surface area (Å²) in [6, 6.07) is 5.42. The standard InChI is InChI=1S/C17H25BrOSi/c1-12(2)20(13(3)4,14(5)6)10-9-15-11-16(18)7-8-17(15)19/h7-8,11-14,19H,1-6H3. The van der Waals surface area contributed by atoms with Crippen LogP contribution in [-0.2, 0) is 0 Å². The van der Waals surface area contributed by atoms with Gasteiger partial charge in [0.2, 0.25) is 0 Å². The molecule has 20 heavy (non-hydrogen) atoms. The molecule has 1 nitrogen and oxygen atoms in total. The van der Waals surface area contributed by atoms with Gasteiger partial charge in [-0.25, -0.2) is 0 Å². The van der Waals surface area contributed by atoms with Gasteiger partial charge >= 0.3 is 0 Å². The van der Waals surface area contributed by atoms with E-state index in [-0.39, 0.29) is 5.75 Å². The maximum absolute atomic E-state index is 9.94. The van der Waals surface area contributed by atoms with Gasteiger partial charge in [-0.15, -0.1) is 5.54 Å². The van der Waals surface area contributed by atoms with E-state index in [0.29, 0.717) is 16.6 Å². The summed E-state index contributed by atoms with van der Waals surface area (Å²) in [6.07, 6.45) is 0. The van der Waals surface area contributed by atoms with E-state index in [1.807, 2.05) is 12.1 Å². The average molecular weight is 353 g/mol. The first-order chi connectivity index (χ1) is 9.21. The molecule has 0 amide bonds. The molecule has 0 aliphatic rings. The van der Waals surface area contributed by atoms with Crippen molar-refractivity contribution in [1.29, 1.82) is 0 Å². The number of halogens is 1. The Balaban J connectivity index is 3.34. The topological polar surface area (TPSA) is 20.2 Å². The molecule has 0 aliphatic heterocycles. The number of benzene rings is 1. The Hall–Kier alpha value is -0.723. The summed E-state index contributed by atoms with van der Waals surface area (Å²) in [7, 11) is -1.74. The fraction of sp³-hybridized carbons (Fsp3) is 0.529. The van der Waals surface area contributed by atoms with E-state index in [2.05, 4.69) is 68.9 Å². The predicted octanol–water partition coefficient (Wildman–Crippen LogP) is 5.72. The molecule has 0 heterocycles. The van der Waals surface area contributed by atoms with Crippen LogP contribution < -0.4 is 0 Å². The molecule has 1 N–H and O–H groups in total. The molecule has 0 radical (unpaired) electrons. The van der Waals surface area contributed by atoms with Gasteiger partial charge in [-0.2, -0.15) is 0 Å². The lowest BCUT2D eigenvalue weighted by molar-refractivity contribution is 0.473. The largest absolute Gasteiger partial charge is 0.507 e. The Morgan fingerprint density at radius 3 is 1.95 bits per heavy atom. The summed E-state index contributed by atoms with van der Waals surface area (Å²) < 4.78 is 0.950. The van der Waals surface area contributed by atoms with Gasteiger partial charge in [-0.05, 0) is 34.8 Å². The number of rotatable bonds is 3. The smallest absolute Gasteiger partial charge is 0.146 e. The minimum atomic E-state index is -1.74. The van der Waals surface area contributed by atoms with Crippen LogP contribution in [0.2, 0.25) is 16.6 Å². The molecule has 110 valence electrons. The summed E-state index contributed by atoms with van der Waals surface area (Å²) in [4.78, 5) is 0. The van der Waals surface area contributed by atoms with Gasteiger partial charge in [-0.3, -0.25) is 0 Å². The van der Waals surface area contributed by atoms with Crippen molar-refractivity contribution < 1.29 is 5.11 Å². The number of aromatic hydroxyl groups is 1. The molecular formula is C17H25BrOSi. The fourth-order valence-corrected chi connectivity index (χ4v) is 8.80. The summed E-state index contributed by atoms with van der Waals surface area (Å²) in [5.74, 6) is 3.53. The second kappa shape index (κ2) is 6.82. The lowest BCUT2D eigenvalue weighted by atomic mass is 10.2. The highest BCUT2D eigenvalue weighted by atomic mass is 79.9. The minimum Gasteiger partial charge on any atom is -0.507 e. The van der Waals surface area contributed by atoms with Gasteiger partial charge in [0.25, 0.3) is 0 Å². The van der Waals surface area contributed by atoms with Gasteiger partial charge in [0.05, 0.1) is 5.56 Å². The molecule has 1 rings (SSSR count). The van der Waals surface area contributed by atoms with Crippen molar-refractivity contribution in [3.63, 3.8) is 0 Å². The molecular weight excluding hydrogens is 328 g/mol. The maximum atomic E-state index is 9.94. The highest BCUT2D eigenvalue weighted by Gasteiger charge is 2.41. The van der Waals surface area contributed by atoms with Gasteiger partial charge in [0.15, 0.2) is 0 Å². The van der Waals surface area contributed by atoms with E-state index in [9.17, 15) is 5.11 Å². The molecule has 0 fully saturated rings. The van der Waals surface area contributed by atoms with Crippen molar-refractivity contribution in [3.05, 3.63) is 28.2 Å². The molecule has 0 bridgehead atoms. The molecule has 0 aliphatic carbocycles. The average Bonchev–Trinajstić information content (AvgIpc) is 2.32. The van der Waals surface area contributed by atoms with Gasteiger partial charge in [-0.1, -0.05) is 63.4 Å². The highest BCUT2D eigenvalue weighted by molar-refractivity contribution is 9.10. The molecule has 0 saturated heterocycles. The van der Waals surface area contributed by atoms with Crippen molar-refractivity contribution in [2.24, 2.45) is 0 Å². The molecule has 0 spiro atoms. The van der Waals surface area contributed by atoms with Crippen LogP contribution in [0.15, 0.2) is 22.7 Å². The van der Waals surface area contributed by atoms with E-state index < -0.39 is 8.07 Å². The summed E-state index contributed by atoms with van der Waals surface area (Å²) >= 11 is 3.44. The third-order valence-corrected chi connectivity index (χ3v) is 11.0. The van der Waals surface area contributed by atoms with Crippen LogP contribution in [0.1, 0.15) is 47.1 Å². The number of hydrogen-bond donors (Lipinski definition) is 1. The molecule has 0 atom stereocenters. The molecule has 0 saturated carbocycles. The van der Waals surface area contributed by atoms with E-state index in [1.54, 1.807) is 6.07 Å². The van der Waals surface area contributed by atoms with Gasteiger partial charge < -0.3 is 5.11 Å². The van der Waals surface area contributed by atoms with Crippen LogP contribution >= 0.6 is 15.9 Å². The van der Waals surface area contributed by atoms with Crippen LogP contribution in [-0.4, -0.2) is 13.2 Å². The Labute approximate surface area is 132 Å². The monoisotopic (exact) mass is 352 g/mol. The minimum absolute atomic E-state index is 0.264. The highest BCUT2D eigenvalue weighted by Crippen LogP contribution is 2.40. The predicted molar refractivity (Wildman–Crippen MR) is 93.7 cm³/mol. The van der Waals surface area contributed by atoms with E-state index in [0.717, 1.165) is 10.0 Å². The third kappa shape index (κ3) is 3.48. The third-order valence-electron chi connectivity index (χ3n) is 4.24. The number of hydrogen-bond acceptors (Lipinski definition) is 1. The zero-order valence-corrected chi connectivity index (χ0v) is 15.9. The SMILES string of the molecule is CC(C)[Si](C#Cc1cc(Br)ccc1O)(C(C)C)C(C)C. The lowest BCUT2D eigenvalue weighted by Crippen LogP contribution is -2.43. The quantitative estimate of drug-likeness (QED) is 0.544. The number of phenols is 1. The molecule has 0 aromatic heterocycles.